The van der Waals surface area contributed by atoms with Crippen LogP contribution in [0.1, 0.15) is 5.56 Å². The average molecular weight is 262 g/mol. The zero-order valence-corrected chi connectivity index (χ0v) is 10.1. The monoisotopic (exact) mass is 262 g/mol. The van der Waals surface area contributed by atoms with E-state index in [1.165, 1.54) is 11.3 Å². The Morgan fingerprint density at radius 2 is 2.28 bits per heavy atom. The van der Waals surface area contributed by atoms with Gasteiger partial charge in [-0.2, -0.15) is 5.10 Å². The van der Waals surface area contributed by atoms with Gasteiger partial charge in [0.05, 0.1) is 6.21 Å². The van der Waals surface area contributed by atoms with E-state index >= 15 is 0 Å². The fraction of sp³-hybridized carbons (Fsp3) is 0. The van der Waals surface area contributed by atoms with Gasteiger partial charge in [0.15, 0.2) is 0 Å². The number of thiazole rings is 1. The maximum absolute atomic E-state index is 9.03. The minimum absolute atomic E-state index is 0.414. The fourth-order valence-electron chi connectivity index (χ4n) is 1.30. The second-order valence-corrected chi connectivity index (χ2v) is 4.35. The third-order valence-electron chi connectivity index (χ3n) is 2.10. The Morgan fingerprint density at radius 1 is 1.44 bits per heavy atom. The van der Waals surface area contributed by atoms with Gasteiger partial charge in [-0.1, -0.05) is 24.3 Å². The van der Waals surface area contributed by atoms with Crippen molar-refractivity contribution in [2.75, 3.05) is 11.2 Å². The van der Waals surface area contributed by atoms with Crippen molar-refractivity contribution in [3.63, 3.8) is 0 Å². The van der Waals surface area contributed by atoms with Crippen LogP contribution in [0.4, 0.5) is 10.9 Å². The van der Waals surface area contributed by atoms with Crippen LogP contribution in [0.2, 0.25) is 0 Å². The van der Waals surface area contributed by atoms with Gasteiger partial charge in [0.1, 0.15) is 5.82 Å². The maximum atomic E-state index is 9.03. The number of rotatable bonds is 4. The van der Waals surface area contributed by atoms with Crippen LogP contribution < -0.4 is 16.6 Å². The van der Waals surface area contributed by atoms with Crippen molar-refractivity contribution >= 4 is 41.1 Å². The minimum Gasteiger partial charge on any atom is -0.423 e. The lowest BCUT2D eigenvalue weighted by Gasteiger charge is -2.00. The Morgan fingerprint density at radius 3 is 2.94 bits per heavy atom. The summed E-state index contributed by atoms with van der Waals surface area (Å²) in [6.45, 7) is 0. The summed E-state index contributed by atoms with van der Waals surface area (Å²) < 4.78 is 0. The van der Waals surface area contributed by atoms with Crippen molar-refractivity contribution in [1.29, 1.82) is 0 Å². The zero-order valence-electron chi connectivity index (χ0n) is 9.32. The quantitative estimate of drug-likeness (QED) is 0.348. The first-order valence-corrected chi connectivity index (χ1v) is 5.99. The molecule has 0 saturated carbocycles. The second-order valence-electron chi connectivity index (χ2n) is 3.49. The molecule has 0 aliphatic heterocycles. The highest BCUT2D eigenvalue weighted by molar-refractivity contribution is 7.14. The number of nitrogens with one attached hydrogen (secondary N) is 1. The maximum Gasteiger partial charge on any atom is 0.488 e. The van der Waals surface area contributed by atoms with Crippen molar-refractivity contribution in [3.8, 4) is 0 Å². The highest BCUT2D eigenvalue weighted by Gasteiger charge is 2.09. The van der Waals surface area contributed by atoms with Crippen LogP contribution >= 0.6 is 11.3 Å². The summed E-state index contributed by atoms with van der Waals surface area (Å²) in [6, 6.07) is 6.77. The summed E-state index contributed by atoms with van der Waals surface area (Å²) >= 11 is 1.35. The Bertz CT molecular complexity index is 558. The molecule has 0 aliphatic rings. The smallest absolute Gasteiger partial charge is 0.423 e. The summed E-state index contributed by atoms with van der Waals surface area (Å²) in [4.78, 5) is 3.98. The lowest BCUT2D eigenvalue weighted by Crippen LogP contribution is -2.29. The van der Waals surface area contributed by atoms with E-state index in [1.807, 2.05) is 0 Å². The van der Waals surface area contributed by atoms with Crippen LogP contribution in [0.3, 0.4) is 0 Å². The lowest BCUT2D eigenvalue weighted by atomic mass is 9.80. The molecule has 2 aromatic rings. The third-order valence-corrected chi connectivity index (χ3v) is 2.87. The molecule has 5 N–H and O–H groups in total. The molecule has 0 atom stereocenters. The topological polar surface area (TPSA) is 104 Å². The first kappa shape index (κ1) is 12.6. The Balaban J connectivity index is 2.02. The number of anilines is 2. The van der Waals surface area contributed by atoms with Crippen molar-refractivity contribution in [1.82, 2.24) is 4.98 Å². The molecular formula is C10H11BN4O2S. The SMILES string of the molecule is Nc1csc(NN=Cc2cccc(B(O)O)c2)n1. The van der Waals surface area contributed by atoms with Crippen molar-refractivity contribution in [3.05, 3.63) is 35.2 Å². The fourth-order valence-corrected chi connectivity index (χ4v) is 1.85. The van der Waals surface area contributed by atoms with Gasteiger partial charge in [-0.25, -0.2) is 4.98 Å². The van der Waals surface area contributed by atoms with E-state index in [4.69, 9.17) is 15.8 Å². The molecule has 18 heavy (non-hydrogen) atoms. The van der Waals surface area contributed by atoms with Gasteiger partial charge in [0.2, 0.25) is 5.13 Å². The number of nitrogens with two attached hydrogens (primary N) is 1. The Labute approximate surface area is 108 Å². The molecule has 0 saturated heterocycles. The Hall–Kier alpha value is -1.90. The molecular weight excluding hydrogens is 251 g/mol. The molecule has 0 radical (unpaired) electrons. The minimum atomic E-state index is -1.48. The summed E-state index contributed by atoms with van der Waals surface area (Å²) in [5.74, 6) is 0.447. The largest absolute Gasteiger partial charge is 0.488 e. The van der Waals surface area contributed by atoms with Gasteiger partial charge in [0.25, 0.3) is 0 Å². The summed E-state index contributed by atoms with van der Waals surface area (Å²) in [5, 5.41) is 24.3. The van der Waals surface area contributed by atoms with Crippen molar-refractivity contribution in [2.45, 2.75) is 0 Å². The van der Waals surface area contributed by atoms with E-state index in [2.05, 4.69) is 15.5 Å². The number of hydrogen-bond acceptors (Lipinski definition) is 7. The molecule has 8 heteroatoms. The van der Waals surface area contributed by atoms with E-state index in [0.29, 0.717) is 16.4 Å². The van der Waals surface area contributed by atoms with Gasteiger partial charge >= 0.3 is 7.12 Å². The average Bonchev–Trinajstić information content (AvgIpc) is 2.75. The van der Waals surface area contributed by atoms with Crippen LogP contribution in [0, 0.1) is 0 Å². The molecule has 0 amide bonds. The molecule has 1 aromatic carbocycles. The predicted molar refractivity (Wildman–Crippen MR) is 74.0 cm³/mol. The molecule has 92 valence electrons. The summed E-state index contributed by atoms with van der Waals surface area (Å²) in [5.41, 5.74) is 9.36. The molecule has 1 heterocycles. The van der Waals surface area contributed by atoms with Gasteiger partial charge < -0.3 is 15.8 Å². The third kappa shape index (κ3) is 3.30. The van der Waals surface area contributed by atoms with Crippen LogP contribution in [0.5, 0.6) is 0 Å². The molecule has 1 aromatic heterocycles. The molecule has 2 rings (SSSR count). The number of nitrogen functional groups attached to an aromatic ring is 1. The molecule has 6 nitrogen and oxygen atoms in total. The van der Waals surface area contributed by atoms with E-state index in [1.54, 1.807) is 35.9 Å². The van der Waals surface area contributed by atoms with Crippen LogP contribution in [0.15, 0.2) is 34.7 Å². The van der Waals surface area contributed by atoms with Crippen molar-refractivity contribution in [2.24, 2.45) is 5.10 Å². The van der Waals surface area contributed by atoms with Crippen molar-refractivity contribution < 1.29 is 10.0 Å². The predicted octanol–water partition coefficient (Wildman–Crippen LogP) is -0.149. The van der Waals surface area contributed by atoms with E-state index in [9.17, 15) is 0 Å². The molecule has 0 bridgehead atoms. The zero-order chi connectivity index (χ0) is 13.0. The van der Waals surface area contributed by atoms with Gasteiger partial charge in [-0.15, -0.1) is 11.3 Å². The highest BCUT2D eigenvalue weighted by atomic mass is 32.1. The van der Waals surface area contributed by atoms with E-state index in [0.717, 1.165) is 5.56 Å². The molecule has 0 aliphatic carbocycles. The Kier molecular flexibility index (Phi) is 3.93. The van der Waals surface area contributed by atoms with Crippen LogP contribution in [0.25, 0.3) is 0 Å². The first-order chi connectivity index (χ1) is 8.65. The number of nitrogens with zero attached hydrogens (tertiary/aromatic N) is 2. The first-order valence-electron chi connectivity index (χ1n) is 5.11. The number of hydrogen-bond donors (Lipinski definition) is 4. The van der Waals surface area contributed by atoms with E-state index < -0.39 is 7.12 Å². The second kappa shape index (κ2) is 5.63. The van der Waals surface area contributed by atoms with E-state index in [-0.39, 0.29) is 0 Å². The lowest BCUT2D eigenvalue weighted by molar-refractivity contribution is 0.426. The van der Waals surface area contributed by atoms with Crippen LogP contribution in [-0.4, -0.2) is 28.4 Å². The van der Waals surface area contributed by atoms with Gasteiger partial charge in [0, 0.05) is 5.38 Å². The molecule has 0 fully saturated rings. The molecule has 0 unspecified atom stereocenters. The van der Waals surface area contributed by atoms with Crippen LogP contribution in [-0.2, 0) is 0 Å². The van der Waals surface area contributed by atoms with Gasteiger partial charge in [-0.3, -0.25) is 5.43 Å². The molecule has 0 spiro atoms. The normalized spacial score (nSPS) is 10.8. The number of hydrazone groups is 1. The highest BCUT2D eigenvalue weighted by Crippen LogP contribution is 2.15. The number of benzene rings is 1. The summed E-state index contributed by atoms with van der Waals surface area (Å²) in [7, 11) is -1.48. The number of aromatic nitrogens is 1. The summed E-state index contributed by atoms with van der Waals surface area (Å²) in [6.07, 6.45) is 1.56. The van der Waals surface area contributed by atoms with Gasteiger partial charge in [-0.05, 0) is 11.0 Å². The standard InChI is InChI=1S/C10H11BN4O2S/c12-9-6-18-10(14-9)15-13-5-7-2-1-3-8(4-7)11(16)17/h1-6,16-17H,12H2,(H,14,15).